The average molecular weight is 313 g/mol. The van der Waals surface area contributed by atoms with Gasteiger partial charge in [-0.3, -0.25) is 4.79 Å². The molecular weight excluding hydrogens is 292 g/mol. The predicted molar refractivity (Wildman–Crippen MR) is 86.5 cm³/mol. The van der Waals surface area contributed by atoms with Crippen molar-refractivity contribution in [3.05, 3.63) is 34.9 Å². The zero-order chi connectivity index (χ0) is 14.2. The maximum Gasteiger partial charge on any atom is 0.221 e. The average Bonchev–Trinajstić information content (AvgIpc) is 2.46. The molecule has 3 nitrogen and oxygen atoms in total. The summed E-state index contributed by atoms with van der Waals surface area (Å²) in [5, 5.41) is 7.14. The first-order valence-electron chi connectivity index (χ1n) is 7.06. The second kappa shape index (κ2) is 8.55. The summed E-state index contributed by atoms with van der Waals surface area (Å²) < 4.78 is 0. The third-order valence-electron chi connectivity index (χ3n) is 3.31. The second-order valence-corrected chi connectivity index (χ2v) is 6.60. The second-order valence-electron chi connectivity index (χ2n) is 5.01. The van der Waals surface area contributed by atoms with Gasteiger partial charge in [0.05, 0.1) is 0 Å². The van der Waals surface area contributed by atoms with Gasteiger partial charge in [-0.1, -0.05) is 23.7 Å². The summed E-state index contributed by atoms with van der Waals surface area (Å²) >= 11 is 7.76. The van der Waals surface area contributed by atoms with Crippen LogP contribution < -0.4 is 10.6 Å². The standard InChI is InChI=1S/C15H21ClN2OS/c16-13-5-3-12(4-6-13)2-1-7-18-15(19)10-14-11-20-9-8-17-14/h3-6,14,17H,1-2,7-11H2,(H,18,19). The Morgan fingerprint density at radius 1 is 1.40 bits per heavy atom. The minimum Gasteiger partial charge on any atom is -0.356 e. The van der Waals surface area contributed by atoms with Crippen molar-refractivity contribution in [3.63, 3.8) is 0 Å². The van der Waals surface area contributed by atoms with Gasteiger partial charge in [0.2, 0.25) is 5.91 Å². The Kier molecular flexibility index (Phi) is 6.70. The summed E-state index contributed by atoms with van der Waals surface area (Å²) in [7, 11) is 0. The number of nitrogens with one attached hydrogen (secondary N) is 2. The van der Waals surface area contributed by atoms with Gasteiger partial charge in [-0.25, -0.2) is 0 Å². The lowest BCUT2D eigenvalue weighted by molar-refractivity contribution is -0.121. The summed E-state index contributed by atoms with van der Waals surface area (Å²) in [6, 6.07) is 8.22. The zero-order valence-electron chi connectivity index (χ0n) is 11.5. The van der Waals surface area contributed by atoms with E-state index in [4.69, 9.17) is 11.6 Å². The lowest BCUT2D eigenvalue weighted by atomic mass is 10.1. The summed E-state index contributed by atoms with van der Waals surface area (Å²) in [5.41, 5.74) is 1.26. The molecule has 1 aromatic rings. The highest BCUT2D eigenvalue weighted by Gasteiger charge is 2.16. The maximum atomic E-state index is 11.8. The normalized spacial score (nSPS) is 18.8. The number of benzene rings is 1. The van der Waals surface area contributed by atoms with Crippen molar-refractivity contribution in [3.8, 4) is 0 Å². The first-order valence-corrected chi connectivity index (χ1v) is 8.59. The molecule has 0 aliphatic carbocycles. The van der Waals surface area contributed by atoms with Crippen LogP contribution >= 0.6 is 23.4 Å². The summed E-state index contributed by atoms with van der Waals surface area (Å²) in [6.07, 6.45) is 2.52. The van der Waals surface area contributed by atoms with Crippen LogP contribution in [0.15, 0.2) is 24.3 Å². The van der Waals surface area contributed by atoms with E-state index in [1.807, 2.05) is 36.0 Å². The summed E-state index contributed by atoms with van der Waals surface area (Å²) in [4.78, 5) is 11.8. The van der Waals surface area contributed by atoms with E-state index < -0.39 is 0 Å². The Labute approximate surface area is 129 Å². The van der Waals surface area contributed by atoms with Crippen LogP contribution in [0.1, 0.15) is 18.4 Å². The van der Waals surface area contributed by atoms with E-state index in [2.05, 4.69) is 10.6 Å². The van der Waals surface area contributed by atoms with E-state index in [0.29, 0.717) is 12.5 Å². The summed E-state index contributed by atoms with van der Waals surface area (Å²) in [5.74, 6) is 2.35. The fraction of sp³-hybridized carbons (Fsp3) is 0.533. The van der Waals surface area contributed by atoms with Gasteiger partial charge < -0.3 is 10.6 Å². The monoisotopic (exact) mass is 312 g/mol. The first-order chi connectivity index (χ1) is 9.74. The van der Waals surface area contributed by atoms with Crippen LogP contribution in [-0.2, 0) is 11.2 Å². The highest BCUT2D eigenvalue weighted by atomic mass is 35.5. The first kappa shape index (κ1) is 15.7. The molecule has 1 atom stereocenters. The molecule has 1 fully saturated rings. The molecule has 5 heteroatoms. The summed E-state index contributed by atoms with van der Waals surface area (Å²) in [6.45, 7) is 1.75. The molecule has 1 heterocycles. The molecule has 0 aromatic heterocycles. The fourth-order valence-corrected chi connectivity index (χ4v) is 3.29. The van der Waals surface area contributed by atoms with Crippen LogP contribution in [0.2, 0.25) is 5.02 Å². The number of halogens is 1. The van der Waals surface area contributed by atoms with Crippen LogP contribution in [-0.4, -0.2) is 36.5 Å². The van der Waals surface area contributed by atoms with E-state index in [0.717, 1.165) is 42.5 Å². The van der Waals surface area contributed by atoms with E-state index in [1.54, 1.807) is 0 Å². The SMILES string of the molecule is O=C(CC1CSCCN1)NCCCc1ccc(Cl)cc1. The molecule has 2 N–H and O–H groups in total. The van der Waals surface area contributed by atoms with Gasteiger partial charge in [0.1, 0.15) is 0 Å². The number of rotatable bonds is 6. The molecule has 0 bridgehead atoms. The topological polar surface area (TPSA) is 41.1 Å². The lowest BCUT2D eigenvalue weighted by Crippen LogP contribution is -2.41. The largest absolute Gasteiger partial charge is 0.356 e. The predicted octanol–water partition coefficient (Wildman–Crippen LogP) is 2.48. The number of carbonyl (C=O) groups excluding carboxylic acids is 1. The van der Waals surface area contributed by atoms with Crippen molar-refractivity contribution in [2.45, 2.75) is 25.3 Å². The molecule has 1 unspecified atom stereocenters. The number of thioether (sulfide) groups is 1. The van der Waals surface area contributed by atoms with Gasteiger partial charge in [-0.2, -0.15) is 11.8 Å². The molecule has 20 heavy (non-hydrogen) atoms. The van der Waals surface area contributed by atoms with Gasteiger partial charge in [-0.15, -0.1) is 0 Å². The van der Waals surface area contributed by atoms with Crippen LogP contribution in [0, 0.1) is 0 Å². The molecule has 1 amide bonds. The fourth-order valence-electron chi connectivity index (χ4n) is 2.22. The number of hydrogen-bond donors (Lipinski definition) is 2. The third-order valence-corrected chi connectivity index (χ3v) is 4.69. The molecule has 1 aromatic carbocycles. The van der Waals surface area contributed by atoms with E-state index in [1.165, 1.54) is 5.56 Å². The van der Waals surface area contributed by atoms with E-state index in [-0.39, 0.29) is 5.91 Å². The van der Waals surface area contributed by atoms with Crippen molar-refractivity contribution < 1.29 is 4.79 Å². The number of hydrogen-bond acceptors (Lipinski definition) is 3. The van der Waals surface area contributed by atoms with E-state index >= 15 is 0 Å². The van der Waals surface area contributed by atoms with Gasteiger partial charge in [0, 0.05) is 42.1 Å². The molecule has 0 saturated carbocycles. The van der Waals surface area contributed by atoms with Crippen molar-refractivity contribution in [2.24, 2.45) is 0 Å². The van der Waals surface area contributed by atoms with Gasteiger partial charge >= 0.3 is 0 Å². The maximum absolute atomic E-state index is 11.8. The van der Waals surface area contributed by atoms with Gasteiger partial charge in [0.15, 0.2) is 0 Å². The van der Waals surface area contributed by atoms with E-state index in [9.17, 15) is 4.79 Å². The molecule has 0 spiro atoms. The Morgan fingerprint density at radius 2 is 2.20 bits per heavy atom. The molecule has 0 radical (unpaired) electrons. The Balaban J connectivity index is 1.58. The molecule has 2 rings (SSSR count). The lowest BCUT2D eigenvalue weighted by Gasteiger charge is -2.22. The molecule has 1 saturated heterocycles. The van der Waals surface area contributed by atoms with Crippen molar-refractivity contribution in [1.29, 1.82) is 0 Å². The Bertz CT molecular complexity index is 418. The van der Waals surface area contributed by atoms with Crippen LogP contribution in [0.5, 0.6) is 0 Å². The third kappa shape index (κ3) is 5.73. The van der Waals surface area contributed by atoms with Crippen LogP contribution in [0.4, 0.5) is 0 Å². The zero-order valence-corrected chi connectivity index (χ0v) is 13.1. The van der Waals surface area contributed by atoms with Crippen molar-refractivity contribution in [1.82, 2.24) is 10.6 Å². The van der Waals surface area contributed by atoms with Gasteiger partial charge in [0.25, 0.3) is 0 Å². The minimum absolute atomic E-state index is 0.154. The van der Waals surface area contributed by atoms with Crippen LogP contribution in [0.3, 0.4) is 0 Å². The smallest absolute Gasteiger partial charge is 0.221 e. The number of amides is 1. The molecular formula is C15H21ClN2OS. The molecule has 110 valence electrons. The number of aryl methyl sites for hydroxylation is 1. The van der Waals surface area contributed by atoms with Crippen molar-refractivity contribution >= 4 is 29.3 Å². The quantitative estimate of drug-likeness (QED) is 0.793. The molecule has 1 aliphatic heterocycles. The van der Waals surface area contributed by atoms with Crippen LogP contribution in [0.25, 0.3) is 0 Å². The Hall–Kier alpha value is -0.710. The minimum atomic E-state index is 0.154. The van der Waals surface area contributed by atoms with Gasteiger partial charge in [-0.05, 0) is 30.5 Å². The van der Waals surface area contributed by atoms with Crippen molar-refractivity contribution in [2.75, 3.05) is 24.6 Å². The number of carbonyl (C=O) groups is 1. The molecule has 1 aliphatic rings. The Morgan fingerprint density at radius 3 is 2.90 bits per heavy atom. The highest BCUT2D eigenvalue weighted by molar-refractivity contribution is 7.99. The highest BCUT2D eigenvalue weighted by Crippen LogP contribution is 2.11.